The van der Waals surface area contributed by atoms with Crippen LogP contribution in [0, 0.1) is 0 Å². The summed E-state index contributed by atoms with van der Waals surface area (Å²) in [6.07, 6.45) is 1.93. The Hall–Kier alpha value is -3.06. The van der Waals surface area contributed by atoms with Crippen molar-refractivity contribution in [2.75, 3.05) is 0 Å². The van der Waals surface area contributed by atoms with Gasteiger partial charge in [0.05, 0.1) is 11.2 Å². The number of hydrogen-bond acceptors (Lipinski definition) is 5. The van der Waals surface area contributed by atoms with Gasteiger partial charge in [-0.15, -0.1) is 11.3 Å². The van der Waals surface area contributed by atoms with Crippen LogP contribution in [0.4, 0.5) is 0 Å². The molecule has 0 atom stereocenters. The molecule has 1 aliphatic rings. The van der Waals surface area contributed by atoms with E-state index in [1.54, 1.807) is 11.3 Å². The SMILES string of the molecule is CC1(C)OB(c2ncc3c(n2)sc2cc4c5ccccc5c5ccccc5c4cc23)OC1(C)C. The van der Waals surface area contributed by atoms with Crippen LogP contribution in [0.3, 0.4) is 0 Å². The average Bonchev–Trinajstić information content (AvgIpc) is 3.29. The van der Waals surface area contributed by atoms with Gasteiger partial charge in [0.25, 0.3) is 0 Å². The Labute approximate surface area is 201 Å². The lowest BCUT2D eigenvalue weighted by molar-refractivity contribution is 0.00578. The van der Waals surface area contributed by atoms with Gasteiger partial charge in [-0.1, -0.05) is 48.5 Å². The van der Waals surface area contributed by atoms with Crippen LogP contribution in [-0.2, 0) is 9.31 Å². The summed E-state index contributed by atoms with van der Waals surface area (Å²) in [5, 5.41) is 9.90. The maximum Gasteiger partial charge on any atom is 0.534 e. The molecule has 0 N–H and O–H groups in total. The molecular formula is C28H23BN2O2S. The highest BCUT2D eigenvalue weighted by atomic mass is 32.1. The van der Waals surface area contributed by atoms with E-state index in [2.05, 4.69) is 65.6 Å². The zero-order valence-corrected chi connectivity index (χ0v) is 20.4. The molecule has 166 valence electrons. The van der Waals surface area contributed by atoms with Crippen LogP contribution in [0.25, 0.3) is 52.6 Å². The lowest BCUT2D eigenvalue weighted by Gasteiger charge is -2.32. The number of hydrogen-bond donors (Lipinski definition) is 0. The largest absolute Gasteiger partial charge is 0.534 e. The van der Waals surface area contributed by atoms with E-state index in [0.717, 1.165) is 10.2 Å². The van der Waals surface area contributed by atoms with Crippen molar-refractivity contribution in [1.29, 1.82) is 0 Å². The van der Waals surface area contributed by atoms with Crippen LogP contribution in [0.2, 0.25) is 0 Å². The molecule has 0 unspecified atom stereocenters. The topological polar surface area (TPSA) is 44.2 Å². The molecule has 0 saturated carbocycles. The molecular weight excluding hydrogens is 439 g/mol. The first kappa shape index (κ1) is 20.3. The van der Waals surface area contributed by atoms with Gasteiger partial charge in [-0.2, -0.15) is 0 Å². The summed E-state index contributed by atoms with van der Waals surface area (Å²) in [6, 6.07) is 22.0. The molecule has 6 aromatic rings. The fourth-order valence-corrected chi connectivity index (χ4v) is 6.11. The number of benzene rings is 4. The maximum atomic E-state index is 6.19. The standard InChI is InChI=1S/C28H23BN2O2S/c1-27(2)28(3,4)33-29(32-27)26-30-15-23-22-13-20-18-11-7-5-9-16(18)17-10-6-8-12-19(17)21(20)14-24(22)34-25(23)31-26/h5-15H,1-4H3. The van der Waals surface area contributed by atoms with Gasteiger partial charge in [0.1, 0.15) is 4.83 Å². The van der Waals surface area contributed by atoms with Gasteiger partial charge in [0.2, 0.25) is 0 Å². The zero-order valence-electron chi connectivity index (χ0n) is 19.5. The van der Waals surface area contributed by atoms with E-state index in [1.165, 1.54) is 42.4 Å². The summed E-state index contributed by atoms with van der Waals surface area (Å²) in [5.74, 6) is 0. The van der Waals surface area contributed by atoms with Crippen molar-refractivity contribution in [2.45, 2.75) is 38.9 Å². The number of nitrogens with zero attached hydrogens (tertiary/aromatic N) is 2. The Morgan fingerprint density at radius 2 is 1.21 bits per heavy atom. The normalized spacial score (nSPS) is 17.6. The molecule has 34 heavy (non-hydrogen) atoms. The molecule has 0 bridgehead atoms. The molecule has 1 fully saturated rings. The highest BCUT2D eigenvalue weighted by Crippen LogP contribution is 2.41. The third-order valence-electron chi connectivity index (χ3n) is 7.58. The summed E-state index contributed by atoms with van der Waals surface area (Å²) < 4.78 is 13.6. The number of aromatic nitrogens is 2. The minimum Gasteiger partial charge on any atom is -0.397 e. The first-order chi connectivity index (χ1) is 16.3. The number of thiophene rings is 1. The van der Waals surface area contributed by atoms with Crippen molar-refractivity contribution in [3.63, 3.8) is 0 Å². The van der Waals surface area contributed by atoms with Crippen LogP contribution in [0.1, 0.15) is 27.7 Å². The van der Waals surface area contributed by atoms with E-state index in [1.807, 2.05) is 33.9 Å². The van der Waals surface area contributed by atoms with Gasteiger partial charge in [0, 0.05) is 21.7 Å². The summed E-state index contributed by atoms with van der Waals surface area (Å²) in [7, 11) is -0.563. The first-order valence-electron chi connectivity index (χ1n) is 11.6. The second kappa shape index (κ2) is 6.75. The summed E-state index contributed by atoms with van der Waals surface area (Å²) in [5.41, 5.74) is -0.260. The van der Waals surface area contributed by atoms with Crippen molar-refractivity contribution in [3.8, 4) is 0 Å². The average molecular weight is 462 g/mol. The number of fused-ring (bicyclic) bond motifs is 9. The highest BCUT2D eigenvalue weighted by Gasteiger charge is 2.53. The summed E-state index contributed by atoms with van der Waals surface area (Å²) >= 11 is 1.70. The first-order valence-corrected chi connectivity index (χ1v) is 12.4. The van der Waals surface area contributed by atoms with Crippen LogP contribution < -0.4 is 5.72 Å². The molecule has 0 amide bonds. The van der Waals surface area contributed by atoms with Crippen molar-refractivity contribution < 1.29 is 9.31 Å². The van der Waals surface area contributed by atoms with E-state index < -0.39 is 18.3 Å². The Bertz CT molecular complexity index is 1770. The Morgan fingerprint density at radius 1 is 0.676 bits per heavy atom. The summed E-state index contributed by atoms with van der Waals surface area (Å²) in [4.78, 5) is 10.5. The Balaban J connectivity index is 1.48. The van der Waals surface area contributed by atoms with E-state index in [9.17, 15) is 0 Å². The van der Waals surface area contributed by atoms with Gasteiger partial charge in [0.15, 0.2) is 5.72 Å². The molecule has 1 saturated heterocycles. The second-order valence-electron chi connectivity index (χ2n) is 10.1. The third kappa shape index (κ3) is 2.73. The second-order valence-corrected chi connectivity index (χ2v) is 11.2. The van der Waals surface area contributed by atoms with E-state index in [0.29, 0.717) is 5.72 Å². The molecule has 2 aromatic heterocycles. The molecule has 3 heterocycles. The van der Waals surface area contributed by atoms with Crippen molar-refractivity contribution in [2.24, 2.45) is 0 Å². The van der Waals surface area contributed by atoms with E-state index in [4.69, 9.17) is 14.3 Å². The minimum atomic E-state index is -0.563. The van der Waals surface area contributed by atoms with Gasteiger partial charge in [-0.25, -0.2) is 9.97 Å². The van der Waals surface area contributed by atoms with E-state index in [-0.39, 0.29) is 0 Å². The Morgan fingerprint density at radius 3 is 1.79 bits per heavy atom. The molecule has 6 heteroatoms. The fourth-order valence-electron chi connectivity index (χ4n) is 5.03. The predicted molar refractivity (Wildman–Crippen MR) is 143 cm³/mol. The van der Waals surface area contributed by atoms with Crippen LogP contribution in [-0.4, -0.2) is 28.3 Å². The molecule has 7 rings (SSSR count). The molecule has 0 spiro atoms. The van der Waals surface area contributed by atoms with Gasteiger partial charge >= 0.3 is 7.12 Å². The zero-order chi connectivity index (χ0) is 23.2. The fraction of sp³-hybridized carbons (Fsp3) is 0.214. The van der Waals surface area contributed by atoms with Crippen LogP contribution >= 0.6 is 11.3 Å². The van der Waals surface area contributed by atoms with Gasteiger partial charge in [-0.3, -0.25) is 0 Å². The predicted octanol–water partition coefficient (Wildman–Crippen LogP) is 6.60. The molecule has 4 aromatic carbocycles. The summed E-state index contributed by atoms with van der Waals surface area (Å²) in [6.45, 7) is 8.19. The van der Waals surface area contributed by atoms with Crippen molar-refractivity contribution >= 4 is 76.8 Å². The molecule has 0 radical (unpaired) electrons. The lowest BCUT2D eigenvalue weighted by atomic mass is 9.89. The number of rotatable bonds is 1. The molecule has 0 aliphatic carbocycles. The monoisotopic (exact) mass is 462 g/mol. The highest BCUT2D eigenvalue weighted by molar-refractivity contribution is 7.25. The van der Waals surface area contributed by atoms with Gasteiger partial charge in [-0.05, 0) is 72.1 Å². The molecule has 1 aliphatic heterocycles. The Kier molecular flexibility index (Phi) is 4.04. The quantitative estimate of drug-likeness (QED) is 0.204. The third-order valence-corrected chi connectivity index (χ3v) is 8.64. The maximum absolute atomic E-state index is 6.19. The van der Waals surface area contributed by atoms with E-state index >= 15 is 0 Å². The smallest absolute Gasteiger partial charge is 0.397 e. The van der Waals surface area contributed by atoms with Gasteiger partial charge < -0.3 is 9.31 Å². The minimum absolute atomic E-state index is 0.421. The van der Waals surface area contributed by atoms with Crippen LogP contribution in [0.15, 0.2) is 66.9 Å². The van der Waals surface area contributed by atoms with Crippen LogP contribution in [0.5, 0.6) is 0 Å². The lowest BCUT2D eigenvalue weighted by Crippen LogP contribution is -2.41. The van der Waals surface area contributed by atoms with Crippen molar-refractivity contribution in [3.05, 3.63) is 66.9 Å². The molecule has 4 nitrogen and oxygen atoms in total. The van der Waals surface area contributed by atoms with Crippen molar-refractivity contribution in [1.82, 2.24) is 9.97 Å².